The van der Waals surface area contributed by atoms with Gasteiger partial charge >= 0.3 is 0 Å². The number of rotatable bonds is 4. The molecule has 0 bridgehead atoms. The summed E-state index contributed by atoms with van der Waals surface area (Å²) in [5.74, 6) is -2.68. The van der Waals surface area contributed by atoms with Gasteiger partial charge in [0.25, 0.3) is 0 Å². The lowest BCUT2D eigenvalue weighted by molar-refractivity contribution is -0.138. The van der Waals surface area contributed by atoms with Crippen LogP contribution in [0.3, 0.4) is 0 Å². The minimum absolute atomic E-state index is 0.125. The molecule has 1 saturated heterocycles. The number of allylic oxidation sites excluding steroid dienone is 1. The number of aromatic nitrogens is 1. The highest BCUT2D eigenvalue weighted by atomic mass is 19.1. The molecule has 6 heteroatoms. The summed E-state index contributed by atoms with van der Waals surface area (Å²) in [6.45, 7) is 0. The van der Waals surface area contributed by atoms with E-state index in [1.165, 1.54) is 24.4 Å². The number of halogens is 2. The maximum absolute atomic E-state index is 14.2. The van der Waals surface area contributed by atoms with Crippen LogP contribution < -0.4 is 5.32 Å². The highest BCUT2D eigenvalue weighted by molar-refractivity contribution is 6.09. The largest absolute Gasteiger partial charge is 0.352 e. The number of ketones is 1. The molecule has 150 valence electrons. The number of nitrogens with one attached hydrogen (secondary N) is 1. The predicted octanol–water partition coefficient (Wildman–Crippen LogP) is 3.84. The first kappa shape index (κ1) is 19.4. The van der Waals surface area contributed by atoms with Crippen molar-refractivity contribution in [3.63, 3.8) is 0 Å². The maximum Gasteiger partial charge on any atom is 0.231 e. The Balaban J connectivity index is 1.67. The van der Waals surface area contributed by atoms with Crippen molar-refractivity contribution in [2.45, 2.75) is 37.4 Å². The first-order valence-corrected chi connectivity index (χ1v) is 9.85. The zero-order valence-corrected chi connectivity index (χ0v) is 15.8. The van der Waals surface area contributed by atoms with Crippen LogP contribution >= 0.6 is 0 Å². The van der Waals surface area contributed by atoms with Crippen molar-refractivity contribution in [1.82, 2.24) is 10.3 Å². The number of pyridine rings is 1. The molecule has 2 heterocycles. The molecule has 1 N–H and O–H groups in total. The van der Waals surface area contributed by atoms with Gasteiger partial charge in [-0.1, -0.05) is 30.3 Å². The molecule has 2 fully saturated rings. The number of hydrogen-bond acceptors (Lipinski definition) is 3. The Morgan fingerprint density at radius 3 is 2.72 bits per heavy atom. The number of benzene rings is 1. The number of carbonyl (C=O) groups is 2. The normalized spacial score (nSPS) is 29.3. The van der Waals surface area contributed by atoms with Gasteiger partial charge in [-0.2, -0.15) is 0 Å². The Hall–Kier alpha value is -2.89. The third kappa shape index (κ3) is 4.11. The second-order valence-corrected chi connectivity index (χ2v) is 7.78. The molecule has 4 nitrogen and oxygen atoms in total. The standard InChI is InChI=1S/C23H22F2N2O2/c24-16-7-8-19-18(11-16)21(15-4-2-1-3-5-15)22(23(29)27-19)20(28)9-6-14-10-17(25)13-26-12-14/h1-6,9-10,12-13,16,18-19,21-22H,7-8,11H2,(H,27,29)/b9-6+. The minimum atomic E-state index is -0.943. The Labute approximate surface area is 168 Å². The maximum atomic E-state index is 14.2. The molecule has 2 aliphatic rings. The van der Waals surface area contributed by atoms with E-state index in [1.54, 1.807) is 0 Å². The van der Waals surface area contributed by atoms with Gasteiger partial charge in [-0.25, -0.2) is 8.78 Å². The van der Waals surface area contributed by atoms with Crippen molar-refractivity contribution in [3.05, 3.63) is 71.8 Å². The second kappa shape index (κ2) is 8.23. The fraction of sp³-hybridized carbons (Fsp3) is 0.348. The summed E-state index contributed by atoms with van der Waals surface area (Å²) in [4.78, 5) is 29.7. The highest BCUT2D eigenvalue weighted by Gasteiger charge is 2.49. The number of carbonyl (C=O) groups excluding carboxylic acids is 2. The number of amides is 1. The summed E-state index contributed by atoms with van der Waals surface area (Å²) in [6, 6.07) is 10.5. The molecular formula is C23H22F2N2O2. The van der Waals surface area contributed by atoms with Crippen molar-refractivity contribution < 1.29 is 18.4 Å². The monoisotopic (exact) mass is 396 g/mol. The van der Waals surface area contributed by atoms with E-state index in [9.17, 15) is 18.4 Å². The van der Waals surface area contributed by atoms with Crippen LogP contribution in [0.2, 0.25) is 0 Å². The molecule has 1 aliphatic heterocycles. The second-order valence-electron chi connectivity index (χ2n) is 7.78. The van der Waals surface area contributed by atoms with E-state index in [0.29, 0.717) is 24.8 Å². The fourth-order valence-electron chi connectivity index (χ4n) is 4.63. The van der Waals surface area contributed by atoms with Gasteiger partial charge in [-0.15, -0.1) is 0 Å². The SMILES string of the molecule is O=C(/C=C/c1cncc(F)c1)C1C(=O)NC2CCC(F)CC2C1c1ccccc1. The van der Waals surface area contributed by atoms with Gasteiger partial charge < -0.3 is 5.32 Å². The lowest BCUT2D eigenvalue weighted by atomic mass is 9.64. The summed E-state index contributed by atoms with van der Waals surface area (Å²) < 4.78 is 27.6. The van der Waals surface area contributed by atoms with Gasteiger partial charge in [0, 0.05) is 18.2 Å². The fourth-order valence-corrected chi connectivity index (χ4v) is 4.63. The number of piperidine rings is 1. The van der Waals surface area contributed by atoms with Crippen LogP contribution in [-0.4, -0.2) is 28.9 Å². The molecule has 1 aliphatic carbocycles. The smallest absolute Gasteiger partial charge is 0.231 e. The lowest BCUT2D eigenvalue weighted by Gasteiger charge is -2.45. The summed E-state index contributed by atoms with van der Waals surface area (Å²) in [5, 5.41) is 2.94. The first-order chi connectivity index (χ1) is 14.0. The first-order valence-electron chi connectivity index (χ1n) is 9.85. The molecule has 29 heavy (non-hydrogen) atoms. The molecule has 1 aromatic heterocycles. The number of hydrogen-bond donors (Lipinski definition) is 1. The zero-order valence-electron chi connectivity index (χ0n) is 15.8. The van der Waals surface area contributed by atoms with Gasteiger partial charge in [0.15, 0.2) is 5.78 Å². The Morgan fingerprint density at radius 1 is 1.17 bits per heavy atom. The molecule has 2 aromatic rings. The van der Waals surface area contributed by atoms with Crippen molar-refractivity contribution in [1.29, 1.82) is 0 Å². The van der Waals surface area contributed by atoms with Crippen LogP contribution in [0.4, 0.5) is 8.78 Å². The third-order valence-corrected chi connectivity index (χ3v) is 5.92. The summed E-state index contributed by atoms with van der Waals surface area (Å²) in [7, 11) is 0. The number of alkyl halides is 1. The third-order valence-electron chi connectivity index (χ3n) is 5.92. The molecule has 1 saturated carbocycles. The van der Waals surface area contributed by atoms with Gasteiger partial charge in [-0.3, -0.25) is 14.6 Å². The van der Waals surface area contributed by atoms with Crippen molar-refractivity contribution in [3.8, 4) is 0 Å². The topological polar surface area (TPSA) is 59.1 Å². The molecule has 4 rings (SSSR count). The summed E-state index contributed by atoms with van der Waals surface area (Å²) >= 11 is 0. The van der Waals surface area contributed by atoms with E-state index in [1.807, 2.05) is 30.3 Å². The van der Waals surface area contributed by atoms with Crippen LogP contribution in [0.5, 0.6) is 0 Å². The molecule has 0 radical (unpaired) electrons. The molecule has 1 amide bonds. The van der Waals surface area contributed by atoms with E-state index in [4.69, 9.17) is 0 Å². The Morgan fingerprint density at radius 2 is 1.97 bits per heavy atom. The average Bonchev–Trinajstić information content (AvgIpc) is 2.72. The minimum Gasteiger partial charge on any atom is -0.352 e. The number of fused-ring (bicyclic) bond motifs is 1. The van der Waals surface area contributed by atoms with E-state index in [2.05, 4.69) is 10.3 Å². The predicted molar refractivity (Wildman–Crippen MR) is 105 cm³/mol. The van der Waals surface area contributed by atoms with Crippen LogP contribution in [0.1, 0.15) is 36.3 Å². The van der Waals surface area contributed by atoms with Crippen LogP contribution in [0, 0.1) is 17.7 Å². The van der Waals surface area contributed by atoms with E-state index < -0.39 is 23.8 Å². The number of nitrogens with zero attached hydrogens (tertiary/aromatic N) is 1. The molecule has 0 spiro atoms. The van der Waals surface area contributed by atoms with Crippen LogP contribution in [0.25, 0.3) is 6.08 Å². The van der Waals surface area contributed by atoms with E-state index in [0.717, 1.165) is 11.8 Å². The van der Waals surface area contributed by atoms with E-state index >= 15 is 0 Å². The summed E-state index contributed by atoms with van der Waals surface area (Å²) in [5.41, 5.74) is 1.30. The van der Waals surface area contributed by atoms with Gasteiger partial charge in [0.05, 0.1) is 6.20 Å². The lowest BCUT2D eigenvalue weighted by Crippen LogP contribution is -2.57. The van der Waals surface area contributed by atoms with Crippen LogP contribution in [0.15, 0.2) is 54.9 Å². The van der Waals surface area contributed by atoms with Crippen molar-refractivity contribution >= 4 is 17.8 Å². The molecule has 1 aromatic carbocycles. The van der Waals surface area contributed by atoms with E-state index in [-0.39, 0.29) is 23.7 Å². The van der Waals surface area contributed by atoms with Gasteiger partial charge in [0.1, 0.15) is 17.9 Å². The summed E-state index contributed by atoms with van der Waals surface area (Å²) in [6.07, 6.45) is 5.67. The molecule has 5 unspecified atom stereocenters. The van der Waals surface area contributed by atoms with Crippen molar-refractivity contribution in [2.24, 2.45) is 11.8 Å². The molecular weight excluding hydrogens is 374 g/mol. The van der Waals surface area contributed by atoms with Crippen LogP contribution in [-0.2, 0) is 9.59 Å². The Kier molecular flexibility index (Phi) is 5.51. The van der Waals surface area contributed by atoms with Gasteiger partial charge in [0.2, 0.25) is 5.91 Å². The Bertz CT molecular complexity index is 931. The van der Waals surface area contributed by atoms with Crippen molar-refractivity contribution in [2.75, 3.05) is 0 Å². The van der Waals surface area contributed by atoms with Gasteiger partial charge in [-0.05, 0) is 54.5 Å². The quantitative estimate of drug-likeness (QED) is 0.631. The zero-order chi connectivity index (χ0) is 20.4. The molecule has 5 atom stereocenters. The highest BCUT2D eigenvalue weighted by Crippen LogP contribution is 2.45. The average molecular weight is 396 g/mol.